The molecule has 4 N–H and O–H groups in total. The quantitative estimate of drug-likeness (QED) is 0.446. The molecule has 0 bridgehead atoms. The number of amides is 2. The van der Waals surface area contributed by atoms with E-state index in [1.54, 1.807) is 38.4 Å². The topological polar surface area (TPSA) is 126 Å². The van der Waals surface area contributed by atoms with Crippen LogP contribution in [0.15, 0.2) is 24.3 Å². The molecular formula is C26H36N6O4. The van der Waals surface area contributed by atoms with E-state index in [2.05, 4.69) is 31.2 Å². The highest BCUT2D eigenvalue weighted by Crippen LogP contribution is 2.56. The molecule has 2 aromatic heterocycles. The third-order valence-electron chi connectivity index (χ3n) is 6.67. The second kappa shape index (κ2) is 9.83. The number of aromatic nitrogens is 2. The van der Waals surface area contributed by atoms with Gasteiger partial charge < -0.3 is 30.7 Å². The average Bonchev–Trinajstić information content (AvgIpc) is 2.74. The Balaban J connectivity index is 1.35. The van der Waals surface area contributed by atoms with E-state index < -0.39 is 5.60 Å². The van der Waals surface area contributed by atoms with Crippen LogP contribution in [0.1, 0.15) is 62.5 Å². The summed E-state index contributed by atoms with van der Waals surface area (Å²) in [5.41, 5.74) is 0.864. The van der Waals surface area contributed by atoms with Gasteiger partial charge in [-0.05, 0) is 83.1 Å². The number of rotatable bonds is 7. The normalized spacial score (nSPS) is 22.6. The number of nitrogens with one attached hydrogen (secondary N) is 4. The standard InChI is InChI=1S/C26H36N6O4/c1-15-19(35-6)8-10-21(28-15)32-23(33)18-7-9-20(27-5)31-22(18)29-16-11-26(12-16)13-17(14-26)30-24(34)36-25(2,3)4/h7-10,16-17H,11-14H2,1-6H3,(H,30,34)(H2,27,29,31)(H,28,32,33). The summed E-state index contributed by atoms with van der Waals surface area (Å²) >= 11 is 0. The number of carbonyl (C=O) groups excluding carboxylic acids is 2. The second-order valence-electron chi connectivity index (χ2n) is 10.8. The Bertz CT molecular complexity index is 1130. The minimum Gasteiger partial charge on any atom is -0.495 e. The van der Waals surface area contributed by atoms with Crippen LogP contribution in [0.5, 0.6) is 5.75 Å². The molecule has 0 saturated heterocycles. The van der Waals surface area contributed by atoms with E-state index in [1.165, 1.54) is 0 Å². The molecule has 0 unspecified atom stereocenters. The van der Waals surface area contributed by atoms with Crippen molar-refractivity contribution in [2.24, 2.45) is 5.41 Å². The summed E-state index contributed by atoms with van der Waals surface area (Å²) in [5, 5.41) is 12.3. The molecule has 0 radical (unpaired) electrons. The van der Waals surface area contributed by atoms with Crippen LogP contribution < -0.4 is 26.0 Å². The van der Waals surface area contributed by atoms with Gasteiger partial charge in [-0.2, -0.15) is 0 Å². The molecule has 10 nitrogen and oxygen atoms in total. The molecule has 36 heavy (non-hydrogen) atoms. The van der Waals surface area contributed by atoms with Gasteiger partial charge in [0.1, 0.15) is 28.8 Å². The predicted octanol–water partition coefficient (Wildman–Crippen LogP) is 4.34. The lowest BCUT2D eigenvalue weighted by atomic mass is 9.52. The van der Waals surface area contributed by atoms with Gasteiger partial charge in [0.05, 0.1) is 18.4 Å². The molecule has 2 aromatic rings. The molecule has 0 aromatic carbocycles. The first kappa shape index (κ1) is 25.5. The number of hydrogen-bond donors (Lipinski definition) is 4. The summed E-state index contributed by atoms with van der Waals surface area (Å²) in [4.78, 5) is 34.1. The van der Waals surface area contributed by atoms with Gasteiger partial charge in [-0.1, -0.05) is 0 Å². The number of nitrogens with zero attached hydrogens (tertiary/aromatic N) is 2. The molecule has 2 aliphatic carbocycles. The van der Waals surface area contributed by atoms with Crippen molar-refractivity contribution < 1.29 is 19.1 Å². The molecule has 0 atom stereocenters. The zero-order valence-electron chi connectivity index (χ0n) is 21.8. The van der Waals surface area contributed by atoms with Crippen molar-refractivity contribution in [3.05, 3.63) is 35.5 Å². The number of alkyl carbamates (subject to hydrolysis) is 1. The molecule has 1 spiro atoms. The van der Waals surface area contributed by atoms with E-state index in [4.69, 9.17) is 9.47 Å². The van der Waals surface area contributed by atoms with Crippen LogP contribution in [0.4, 0.5) is 22.2 Å². The van der Waals surface area contributed by atoms with Crippen LogP contribution in [-0.4, -0.2) is 53.8 Å². The number of anilines is 3. The third kappa shape index (κ3) is 5.80. The van der Waals surface area contributed by atoms with Gasteiger partial charge in [-0.3, -0.25) is 4.79 Å². The summed E-state index contributed by atoms with van der Waals surface area (Å²) in [5.74, 6) is 2.03. The fraction of sp³-hybridized carbons (Fsp3) is 0.538. The Morgan fingerprint density at radius 2 is 1.67 bits per heavy atom. The van der Waals surface area contributed by atoms with Gasteiger partial charge in [0.25, 0.3) is 5.91 Å². The fourth-order valence-electron chi connectivity index (χ4n) is 5.09. The van der Waals surface area contributed by atoms with Crippen LogP contribution in [0.25, 0.3) is 0 Å². The molecule has 194 valence electrons. The zero-order chi connectivity index (χ0) is 26.1. The van der Waals surface area contributed by atoms with Crippen molar-refractivity contribution in [1.82, 2.24) is 15.3 Å². The van der Waals surface area contributed by atoms with Crippen LogP contribution >= 0.6 is 0 Å². The molecule has 2 heterocycles. The van der Waals surface area contributed by atoms with Gasteiger partial charge in [0.15, 0.2) is 0 Å². The number of hydrogen-bond acceptors (Lipinski definition) is 8. The van der Waals surface area contributed by atoms with Crippen molar-refractivity contribution in [2.45, 2.75) is 71.1 Å². The molecule has 4 rings (SSSR count). The highest BCUT2D eigenvalue weighted by atomic mass is 16.6. The minimum absolute atomic E-state index is 0.147. The molecule has 2 fully saturated rings. The van der Waals surface area contributed by atoms with E-state index in [0.29, 0.717) is 34.5 Å². The van der Waals surface area contributed by atoms with Crippen LogP contribution in [0.2, 0.25) is 0 Å². The maximum absolute atomic E-state index is 13.1. The lowest BCUT2D eigenvalue weighted by Gasteiger charge is -2.57. The number of pyridine rings is 2. The maximum Gasteiger partial charge on any atom is 0.407 e. The number of ether oxygens (including phenoxy) is 2. The molecule has 10 heteroatoms. The first-order valence-electron chi connectivity index (χ1n) is 12.3. The van der Waals surface area contributed by atoms with E-state index in [1.807, 2.05) is 27.7 Å². The minimum atomic E-state index is -0.502. The van der Waals surface area contributed by atoms with Gasteiger partial charge in [0, 0.05) is 19.1 Å². The number of aryl methyl sites for hydroxylation is 1. The summed E-state index contributed by atoms with van der Waals surface area (Å²) in [7, 11) is 3.38. The van der Waals surface area contributed by atoms with Crippen molar-refractivity contribution >= 4 is 29.5 Å². The van der Waals surface area contributed by atoms with Crippen LogP contribution in [-0.2, 0) is 4.74 Å². The van der Waals surface area contributed by atoms with Gasteiger partial charge >= 0.3 is 6.09 Å². The van der Waals surface area contributed by atoms with Gasteiger partial charge in [-0.25, -0.2) is 14.8 Å². The smallest absolute Gasteiger partial charge is 0.407 e. The SMILES string of the molecule is CNc1ccc(C(=O)Nc2ccc(OC)c(C)n2)c(NC2CC3(CC(NC(=O)OC(C)(C)C)C3)C2)n1. The first-order valence-corrected chi connectivity index (χ1v) is 12.3. The largest absolute Gasteiger partial charge is 0.495 e. The number of methoxy groups -OCH3 is 1. The summed E-state index contributed by atoms with van der Waals surface area (Å²) in [6, 6.07) is 7.37. The Morgan fingerprint density at radius 1 is 1.00 bits per heavy atom. The Kier molecular flexibility index (Phi) is 6.97. The average molecular weight is 497 g/mol. The van der Waals surface area contributed by atoms with Crippen LogP contribution in [0, 0.1) is 12.3 Å². The lowest BCUT2D eigenvalue weighted by molar-refractivity contribution is -0.0179. The summed E-state index contributed by atoms with van der Waals surface area (Å²) < 4.78 is 10.6. The zero-order valence-corrected chi connectivity index (χ0v) is 21.8. The van der Waals surface area contributed by atoms with Crippen molar-refractivity contribution in [1.29, 1.82) is 0 Å². The summed E-state index contributed by atoms with van der Waals surface area (Å²) in [6.45, 7) is 7.40. The Labute approximate surface area is 212 Å². The molecule has 2 aliphatic rings. The van der Waals surface area contributed by atoms with Crippen molar-refractivity contribution in [3.63, 3.8) is 0 Å². The van der Waals surface area contributed by atoms with E-state index in [9.17, 15) is 9.59 Å². The monoisotopic (exact) mass is 496 g/mol. The molecular weight excluding hydrogens is 460 g/mol. The van der Waals surface area contributed by atoms with E-state index in [0.717, 1.165) is 25.7 Å². The van der Waals surface area contributed by atoms with Crippen molar-refractivity contribution in [3.8, 4) is 5.75 Å². The lowest BCUT2D eigenvalue weighted by Crippen LogP contribution is -2.59. The summed E-state index contributed by atoms with van der Waals surface area (Å²) in [6.07, 6.45) is 3.44. The Hall–Kier alpha value is -3.56. The number of carbonyl (C=O) groups is 2. The second-order valence-corrected chi connectivity index (χ2v) is 10.8. The molecule has 0 aliphatic heterocycles. The molecule has 2 amide bonds. The third-order valence-corrected chi connectivity index (χ3v) is 6.67. The first-order chi connectivity index (χ1) is 17.0. The maximum atomic E-state index is 13.1. The van der Waals surface area contributed by atoms with E-state index >= 15 is 0 Å². The van der Waals surface area contributed by atoms with Crippen molar-refractivity contribution in [2.75, 3.05) is 30.1 Å². The Morgan fingerprint density at radius 3 is 2.28 bits per heavy atom. The van der Waals surface area contributed by atoms with Gasteiger partial charge in [0.2, 0.25) is 0 Å². The van der Waals surface area contributed by atoms with E-state index in [-0.39, 0.29) is 29.5 Å². The van der Waals surface area contributed by atoms with Crippen LogP contribution in [0.3, 0.4) is 0 Å². The fourth-order valence-corrected chi connectivity index (χ4v) is 5.09. The highest BCUT2D eigenvalue weighted by molar-refractivity contribution is 6.07. The van der Waals surface area contributed by atoms with Gasteiger partial charge in [-0.15, -0.1) is 0 Å². The molecule has 2 saturated carbocycles. The predicted molar refractivity (Wildman–Crippen MR) is 139 cm³/mol. The highest BCUT2D eigenvalue weighted by Gasteiger charge is 2.53.